The topological polar surface area (TPSA) is 64.1 Å². The predicted octanol–water partition coefficient (Wildman–Crippen LogP) is 3.19. The van der Waals surface area contributed by atoms with Gasteiger partial charge in [-0.2, -0.15) is 0 Å². The second-order valence-corrected chi connectivity index (χ2v) is 5.57. The summed E-state index contributed by atoms with van der Waals surface area (Å²) in [6, 6.07) is 12.4. The van der Waals surface area contributed by atoms with Crippen LogP contribution in [0, 0.1) is 13.8 Å². The van der Waals surface area contributed by atoms with Crippen LogP contribution in [0.25, 0.3) is 0 Å². The fourth-order valence-electron chi connectivity index (χ4n) is 2.57. The average molecular weight is 283 g/mol. The molecule has 0 aliphatic carbocycles. The highest BCUT2D eigenvalue weighted by molar-refractivity contribution is 5.70. The molecule has 0 aliphatic heterocycles. The number of hydrogen-bond acceptors (Lipinski definition) is 3. The molecule has 0 fully saturated rings. The van der Waals surface area contributed by atoms with Gasteiger partial charge in [-0.25, -0.2) is 0 Å². The largest absolute Gasteiger partial charge is 0.397 e. The highest BCUT2D eigenvalue weighted by Gasteiger charge is 2.09. The zero-order valence-electron chi connectivity index (χ0n) is 12.9. The van der Waals surface area contributed by atoms with Crippen LogP contribution < -0.4 is 16.8 Å². The highest BCUT2D eigenvalue weighted by Crippen LogP contribution is 2.27. The Morgan fingerprint density at radius 1 is 1.05 bits per heavy atom. The van der Waals surface area contributed by atoms with E-state index in [0.29, 0.717) is 5.69 Å². The smallest absolute Gasteiger partial charge is 0.0583 e. The maximum atomic E-state index is 6.11. The van der Waals surface area contributed by atoms with Crippen molar-refractivity contribution in [3.63, 3.8) is 0 Å². The van der Waals surface area contributed by atoms with Gasteiger partial charge in [-0.15, -0.1) is 0 Å². The van der Waals surface area contributed by atoms with E-state index in [1.165, 1.54) is 22.3 Å². The van der Waals surface area contributed by atoms with E-state index in [1.54, 1.807) is 0 Å². The van der Waals surface area contributed by atoms with Crippen LogP contribution >= 0.6 is 0 Å². The van der Waals surface area contributed by atoms with Gasteiger partial charge >= 0.3 is 0 Å². The van der Waals surface area contributed by atoms with Crippen molar-refractivity contribution in [3.05, 3.63) is 58.7 Å². The van der Waals surface area contributed by atoms with Gasteiger partial charge in [0.25, 0.3) is 0 Å². The van der Waals surface area contributed by atoms with Gasteiger partial charge in [-0.05, 0) is 61.6 Å². The summed E-state index contributed by atoms with van der Waals surface area (Å²) in [5.74, 6) is 0. The van der Waals surface area contributed by atoms with Crippen molar-refractivity contribution in [1.82, 2.24) is 5.32 Å². The standard InChI is InChI=1S/C18H25N3/c1-13-11-17(19)18(20)16(14(13)2)9-6-10-21-12-15-7-4-3-5-8-15/h3-5,7-8,11,21H,6,9-10,12,19-20H2,1-2H3. The van der Waals surface area contributed by atoms with Crippen molar-refractivity contribution in [3.8, 4) is 0 Å². The molecule has 0 bridgehead atoms. The fraction of sp³-hybridized carbons (Fsp3) is 0.333. The summed E-state index contributed by atoms with van der Waals surface area (Å²) < 4.78 is 0. The van der Waals surface area contributed by atoms with E-state index in [-0.39, 0.29) is 0 Å². The zero-order chi connectivity index (χ0) is 15.2. The van der Waals surface area contributed by atoms with Crippen molar-refractivity contribution in [2.24, 2.45) is 0 Å². The first-order chi connectivity index (χ1) is 10.1. The Hall–Kier alpha value is -2.00. The summed E-state index contributed by atoms with van der Waals surface area (Å²) in [5.41, 5.74) is 18.5. The van der Waals surface area contributed by atoms with Crippen LogP contribution in [-0.2, 0) is 13.0 Å². The maximum absolute atomic E-state index is 6.11. The molecule has 112 valence electrons. The molecule has 2 aromatic carbocycles. The zero-order valence-corrected chi connectivity index (χ0v) is 12.9. The molecule has 5 N–H and O–H groups in total. The monoisotopic (exact) mass is 283 g/mol. The highest BCUT2D eigenvalue weighted by atomic mass is 14.8. The molecule has 2 aromatic rings. The van der Waals surface area contributed by atoms with Crippen LogP contribution in [0.5, 0.6) is 0 Å². The number of benzene rings is 2. The van der Waals surface area contributed by atoms with Gasteiger partial charge in [0.1, 0.15) is 0 Å². The molecule has 0 amide bonds. The van der Waals surface area contributed by atoms with Gasteiger partial charge in [-0.1, -0.05) is 30.3 Å². The second-order valence-electron chi connectivity index (χ2n) is 5.57. The first kappa shape index (κ1) is 15.4. The van der Waals surface area contributed by atoms with Crippen molar-refractivity contribution < 1.29 is 0 Å². The van der Waals surface area contributed by atoms with Crippen molar-refractivity contribution in [2.45, 2.75) is 33.2 Å². The number of anilines is 2. The second kappa shape index (κ2) is 7.14. The summed E-state index contributed by atoms with van der Waals surface area (Å²) in [4.78, 5) is 0. The van der Waals surface area contributed by atoms with E-state index in [2.05, 4.69) is 43.4 Å². The lowest BCUT2D eigenvalue weighted by atomic mass is 9.96. The third-order valence-corrected chi connectivity index (χ3v) is 4.00. The van der Waals surface area contributed by atoms with Gasteiger partial charge in [0.2, 0.25) is 0 Å². The van der Waals surface area contributed by atoms with E-state index in [0.717, 1.165) is 31.6 Å². The number of nitrogens with two attached hydrogens (primary N) is 2. The minimum Gasteiger partial charge on any atom is -0.397 e. The summed E-state index contributed by atoms with van der Waals surface area (Å²) in [5, 5.41) is 3.47. The third kappa shape index (κ3) is 3.99. The summed E-state index contributed by atoms with van der Waals surface area (Å²) in [6.07, 6.45) is 2.02. The molecule has 0 aromatic heterocycles. The van der Waals surface area contributed by atoms with Crippen LogP contribution in [0.3, 0.4) is 0 Å². The molecule has 2 rings (SSSR count). The Morgan fingerprint density at radius 2 is 1.76 bits per heavy atom. The number of hydrogen-bond donors (Lipinski definition) is 3. The summed E-state index contributed by atoms with van der Waals surface area (Å²) >= 11 is 0. The van der Waals surface area contributed by atoms with Crippen molar-refractivity contribution in [1.29, 1.82) is 0 Å². The van der Waals surface area contributed by atoms with Crippen LogP contribution in [0.2, 0.25) is 0 Å². The first-order valence-electron chi connectivity index (χ1n) is 7.48. The van der Waals surface area contributed by atoms with Gasteiger partial charge in [0.15, 0.2) is 0 Å². The van der Waals surface area contributed by atoms with Crippen LogP contribution in [0.1, 0.15) is 28.7 Å². The number of nitrogen functional groups attached to an aromatic ring is 2. The van der Waals surface area contributed by atoms with Crippen molar-refractivity contribution in [2.75, 3.05) is 18.0 Å². The SMILES string of the molecule is Cc1cc(N)c(N)c(CCCNCc2ccccc2)c1C. The van der Waals surface area contributed by atoms with E-state index >= 15 is 0 Å². The Kier molecular flexibility index (Phi) is 5.23. The summed E-state index contributed by atoms with van der Waals surface area (Å²) in [6.45, 7) is 6.09. The van der Waals surface area contributed by atoms with Gasteiger partial charge in [0.05, 0.1) is 11.4 Å². The van der Waals surface area contributed by atoms with Gasteiger partial charge in [0, 0.05) is 6.54 Å². The van der Waals surface area contributed by atoms with Crippen LogP contribution in [0.4, 0.5) is 11.4 Å². The van der Waals surface area contributed by atoms with E-state index in [4.69, 9.17) is 11.5 Å². The van der Waals surface area contributed by atoms with E-state index < -0.39 is 0 Å². The fourth-order valence-corrected chi connectivity index (χ4v) is 2.57. The molecule has 21 heavy (non-hydrogen) atoms. The number of aryl methyl sites for hydroxylation is 1. The molecular formula is C18H25N3. The number of nitrogens with one attached hydrogen (secondary N) is 1. The van der Waals surface area contributed by atoms with Gasteiger partial charge in [-0.3, -0.25) is 0 Å². The molecule has 0 heterocycles. The molecule has 0 atom stereocenters. The Labute approximate surface area is 127 Å². The average Bonchev–Trinajstić information content (AvgIpc) is 2.49. The van der Waals surface area contributed by atoms with E-state index in [1.807, 2.05) is 12.1 Å². The minimum atomic E-state index is 0.699. The van der Waals surface area contributed by atoms with Crippen LogP contribution in [-0.4, -0.2) is 6.54 Å². The summed E-state index contributed by atoms with van der Waals surface area (Å²) in [7, 11) is 0. The number of rotatable bonds is 6. The molecule has 0 aliphatic rings. The lowest BCUT2D eigenvalue weighted by molar-refractivity contribution is 0.649. The molecule has 0 saturated heterocycles. The van der Waals surface area contributed by atoms with E-state index in [9.17, 15) is 0 Å². The Morgan fingerprint density at radius 3 is 2.48 bits per heavy atom. The van der Waals surface area contributed by atoms with Gasteiger partial charge < -0.3 is 16.8 Å². The Bertz CT molecular complexity index is 565. The minimum absolute atomic E-state index is 0.699. The molecule has 0 radical (unpaired) electrons. The molecule has 3 nitrogen and oxygen atoms in total. The maximum Gasteiger partial charge on any atom is 0.0583 e. The van der Waals surface area contributed by atoms with Crippen molar-refractivity contribution >= 4 is 11.4 Å². The molecule has 0 spiro atoms. The lowest BCUT2D eigenvalue weighted by Crippen LogP contribution is -2.16. The third-order valence-electron chi connectivity index (χ3n) is 4.00. The predicted molar refractivity (Wildman–Crippen MR) is 91.2 cm³/mol. The Balaban J connectivity index is 1.84. The first-order valence-corrected chi connectivity index (χ1v) is 7.48. The molecular weight excluding hydrogens is 258 g/mol. The molecule has 0 unspecified atom stereocenters. The molecule has 3 heteroatoms. The molecule has 0 saturated carbocycles. The van der Waals surface area contributed by atoms with Crippen LogP contribution in [0.15, 0.2) is 36.4 Å². The quantitative estimate of drug-likeness (QED) is 0.563. The normalized spacial score (nSPS) is 10.8. The lowest BCUT2D eigenvalue weighted by Gasteiger charge is -2.14.